The Morgan fingerprint density at radius 3 is 2.36 bits per heavy atom. The first-order valence-electron chi connectivity index (χ1n) is 7.15. The standard InChI is InChI=1S/C16H20FNO4/c1-16(2,3)22-15(21)18-9-11(8-13(18)14(19)20)10-4-6-12(17)7-5-10/h4-7,11,13H,8-9H2,1-3H3,(H,19,20)/t11-,13-/m1/s1. The van der Waals surface area contributed by atoms with Crippen LogP contribution in [-0.2, 0) is 9.53 Å². The van der Waals surface area contributed by atoms with Crippen molar-refractivity contribution >= 4 is 12.1 Å². The van der Waals surface area contributed by atoms with Gasteiger partial charge in [0.2, 0.25) is 0 Å². The van der Waals surface area contributed by atoms with Crippen LogP contribution in [0.3, 0.4) is 0 Å². The largest absolute Gasteiger partial charge is 0.480 e. The number of benzene rings is 1. The fourth-order valence-electron chi connectivity index (χ4n) is 2.57. The predicted octanol–water partition coefficient (Wildman–Crippen LogP) is 3.00. The number of carbonyl (C=O) groups is 2. The van der Waals surface area contributed by atoms with E-state index in [1.54, 1.807) is 32.9 Å². The van der Waals surface area contributed by atoms with Crippen molar-refractivity contribution in [2.24, 2.45) is 0 Å². The van der Waals surface area contributed by atoms with Gasteiger partial charge in [0.15, 0.2) is 0 Å². The number of hydrogen-bond acceptors (Lipinski definition) is 3. The number of ether oxygens (including phenoxy) is 1. The second kappa shape index (κ2) is 5.94. The Hall–Kier alpha value is -2.11. The number of carboxylic acids is 1. The van der Waals surface area contributed by atoms with Crippen molar-refractivity contribution in [2.75, 3.05) is 6.54 Å². The second-order valence-corrected chi connectivity index (χ2v) is 6.47. The molecule has 1 amide bonds. The Morgan fingerprint density at radius 1 is 1.27 bits per heavy atom. The minimum atomic E-state index is -1.06. The molecule has 1 saturated heterocycles. The molecule has 1 aromatic carbocycles. The van der Waals surface area contributed by atoms with Crippen LogP contribution in [0.5, 0.6) is 0 Å². The third kappa shape index (κ3) is 3.75. The summed E-state index contributed by atoms with van der Waals surface area (Å²) in [7, 11) is 0. The molecule has 1 aliphatic rings. The summed E-state index contributed by atoms with van der Waals surface area (Å²) in [6.45, 7) is 5.44. The molecule has 22 heavy (non-hydrogen) atoms. The summed E-state index contributed by atoms with van der Waals surface area (Å²) in [5.74, 6) is -1.55. The highest BCUT2D eigenvalue weighted by Gasteiger charge is 2.41. The maximum Gasteiger partial charge on any atom is 0.411 e. The molecular formula is C16H20FNO4. The highest BCUT2D eigenvalue weighted by atomic mass is 19.1. The van der Waals surface area contributed by atoms with E-state index >= 15 is 0 Å². The fourth-order valence-corrected chi connectivity index (χ4v) is 2.57. The molecular weight excluding hydrogens is 289 g/mol. The lowest BCUT2D eigenvalue weighted by molar-refractivity contribution is -0.142. The van der Waals surface area contributed by atoms with E-state index in [1.807, 2.05) is 0 Å². The van der Waals surface area contributed by atoms with Crippen LogP contribution in [-0.4, -0.2) is 40.3 Å². The molecule has 5 nitrogen and oxygen atoms in total. The number of halogens is 1. The normalized spacial score (nSPS) is 21.7. The molecule has 0 radical (unpaired) electrons. The number of carbonyl (C=O) groups excluding carboxylic acids is 1. The van der Waals surface area contributed by atoms with E-state index in [2.05, 4.69) is 0 Å². The molecule has 120 valence electrons. The van der Waals surface area contributed by atoms with Gasteiger partial charge in [-0.25, -0.2) is 14.0 Å². The molecule has 0 saturated carbocycles. The van der Waals surface area contributed by atoms with Crippen molar-refractivity contribution in [1.29, 1.82) is 0 Å². The van der Waals surface area contributed by atoms with Gasteiger partial charge >= 0.3 is 12.1 Å². The fraction of sp³-hybridized carbons (Fsp3) is 0.500. The predicted molar refractivity (Wildman–Crippen MR) is 78.1 cm³/mol. The molecule has 6 heteroatoms. The van der Waals surface area contributed by atoms with E-state index in [4.69, 9.17) is 4.74 Å². The molecule has 1 aliphatic heterocycles. The Bertz CT molecular complexity index is 565. The first kappa shape index (κ1) is 16.3. The Morgan fingerprint density at radius 2 is 1.86 bits per heavy atom. The smallest absolute Gasteiger partial charge is 0.411 e. The number of hydrogen-bond donors (Lipinski definition) is 1. The molecule has 0 spiro atoms. The van der Waals surface area contributed by atoms with Crippen LogP contribution < -0.4 is 0 Å². The lowest BCUT2D eigenvalue weighted by atomic mass is 9.96. The number of likely N-dealkylation sites (tertiary alicyclic amines) is 1. The summed E-state index contributed by atoms with van der Waals surface area (Å²) in [6.07, 6.45) is -0.343. The quantitative estimate of drug-likeness (QED) is 0.912. The van der Waals surface area contributed by atoms with Crippen molar-refractivity contribution in [3.63, 3.8) is 0 Å². The maximum absolute atomic E-state index is 13.0. The van der Waals surface area contributed by atoms with E-state index < -0.39 is 23.7 Å². The summed E-state index contributed by atoms with van der Waals surface area (Å²) in [6, 6.07) is 4.99. The SMILES string of the molecule is CC(C)(C)OC(=O)N1C[C@H](c2ccc(F)cc2)C[C@@H]1C(=O)O. The van der Waals surface area contributed by atoms with Crippen LogP contribution >= 0.6 is 0 Å². The van der Waals surface area contributed by atoms with Gasteiger partial charge in [-0.1, -0.05) is 12.1 Å². The average Bonchev–Trinajstić information content (AvgIpc) is 2.83. The molecule has 1 N–H and O–H groups in total. The zero-order valence-electron chi connectivity index (χ0n) is 12.9. The molecule has 1 fully saturated rings. The van der Waals surface area contributed by atoms with E-state index in [0.29, 0.717) is 6.42 Å². The molecule has 0 aromatic heterocycles. The third-order valence-corrected chi connectivity index (χ3v) is 3.56. The van der Waals surface area contributed by atoms with E-state index in [0.717, 1.165) is 5.56 Å². The first-order valence-corrected chi connectivity index (χ1v) is 7.15. The van der Waals surface area contributed by atoms with Gasteiger partial charge in [0.1, 0.15) is 17.5 Å². The molecule has 0 unspecified atom stereocenters. The van der Waals surface area contributed by atoms with Gasteiger partial charge in [-0.2, -0.15) is 0 Å². The zero-order chi connectivity index (χ0) is 16.5. The molecule has 0 bridgehead atoms. The molecule has 0 aliphatic carbocycles. The number of nitrogens with zero attached hydrogens (tertiary/aromatic N) is 1. The monoisotopic (exact) mass is 309 g/mol. The number of aliphatic carboxylic acids is 1. The summed E-state index contributed by atoms with van der Waals surface area (Å²) < 4.78 is 18.3. The maximum atomic E-state index is 13.0. The van der Waals surface area contributed by atoms with Crippen molar-refractivity contribution in [2.45, 2.75) is 44.8 Å². The molecule has 2 rings (SSSR count). The van der Waals surface area contributed by atoms with Crippen LogP contribution in [0.25, 0.3) is 0 Å². The van der Waals surface area contributed by atoms with Gasteiger partial charge in [0.05, 0.1) is 0 Å². The minimum Gasteiger partial charge on any atom is -0.480 e. The van der Waals surface area contributed by atoms with Crippen LogP contribution in [0.2, 0.25) is 0 Å². The van der Waals surface area contributed by atoms with Crippen LogP contribution in [0.4, 0.5) is 9.18 Å². The summed E-state index contributed by atoms with van der Waals surface area (Å²) in [5.41, 5.74) is 0.132. The summed E-state index contributed by atoms with van der Waals surface area (Å²) >= 11 is 0. The van der Waals surface area contributed by atoms with Gasteiger partial charge < -0.3 is 9.84 Å². The van der Waals surface area contributed by atoms with Crippen LogP contribution in [0, 0.1) is 5.82 Å². The van der Waals surface area contributed by atoms with Crippen molar-refractivity contribution in [3.8, 4) is 0 Å². The van der Waals surface area contributed by atoms with Gasteiger partial charge in [-0.15, -0.1) is 0 Å². The Labute approximate surface area is 128 Å². The van der Waals surface area contributed by atoms with Crippen molar-refractivity contribution in [1.82, 2.24) is 4.90 Å². The third-order valence-electron chi connectivity index (χ3n) is 3.56. The van der Waals surface area contributed by atoms with Crippen LogP contribution in [0.1, 0.15) is 38.7 Å². The van der Waals surface area contributed by atoms with Crippen molar-refractivity contribution in [3.05, 3.63) is 35.6 Å². The van der Waals surface area contributed by atoms with Gasteiger partial charge in [-0.05, 0) is 44.9 Å². The van der Waals surface area contributed by atoms with Crippen molar-refractivity contribution < 1.29 is 23.8 Å². The zero-order valence-corrected chi connectivity index (χ0v) is 12.9. The number of carboxylic acid groups (broad SMARTS) is 1. The Balaban J connectivity index is 2.17. The summed E-state index contributed by atoms with van der Waals surface area (Å²) in [4.78, 5) is 24.8. The second-order valence-electron chi connectivity index (χ2n) is 6.47. The minimum absolute atomic E-state index is 0.144. The molecule has 1 aromatic rings. The lowest BCUT2D eigenvalue weighted by Crippen LogP contribution is -2.43. The van der Waals surface area contributed by atoms with E-state index in [-0.39, 0.29) is 18.3 Å². The lowest BCUT2D eigenvalue weighted by Gasteiger charge is -2.26. The number of amides is 1. The topological polar surface area (TPSA) is 66.8 Å². The van der Waals surface area contributed by atoms with E-state index in [9.17, 15) is 19.1 Å². The average molecular weight is 309 g/mol. The molecule has 2 atom stereocenters. The van der Waals surface area contributed by atoms with Crippen LogP contribution in [0.15, 0.2) is 24.3 Å². The highest BCUT2D eigenvalue weighted by molar-refractivity contribution is 5.81. The van der Waals surface area contributed by atoms with E-state index in [1.165, 1.54) is 17.0 Å². The summed E-state index contributed by atoms with van der Waals surface area (Å²) in [5, 5.41) is 9.33. The highest BCUT2D eigenvalue weighted by Crippen LogP contribution is 2.33. The Kier molecular flexibility index (Phi) is 4.39. The molecule has 1 heterocycles. The number of rotatable bonds is 2. The van der Waals surface area contributed by atoms with Gasteiger partial charge in [-0.3, -0.25) is 4.90 Å². The van der Waals surface area contributed by atoms with Gasteiger partial charge in [0, 0.05) is 12.5 Å². The first-order chi connectivity index (χ1) is 10.2. The van der Waals surface area contributed by atoms with Gasteiger partial charge in [0.25, 0.3) is 0 Å².